The number of aliphatic carboxylic acids is 1. The van der Waals surface area contributed by atoms with Crippen LogP contribution in [-0.2, 0) is 14.8 Å². The SMILES string of the molecule is O=C(O)CS(=O)(=O)Nc1ccc(F)c([N+](=O)[O-])c1. The van der Waals surface area contributed by atoms with Crippen molar-refractivity contribution in [2.24, 2.45) is 0 Å². The highest BCUT2D eigenvalue weighted by atomic mass is 32.2. The number of carbonyl (C=O) groups is 1. The lowest BCUT2D eigenvalue weighted by Crippen LogP contribution is -2.22. The molecular formula is C8H7FN2O6S. The summed E-state index contributed by atoms with van der Waals surface area (Å²) in [5, 5.41) is 18.7. The van der Waals surface area contributed by atoms with Crippen molar-refractivity contribution in [2.75, 3.05) is 10.5 Å². The van der Waals surface area contributed by atoms with Gasteiger partial charge in [-0.3, -0.25) is 19.6 Å². The van der Waals surface area contributed by atoms with Gasteiger partial charge >= 0.3 is 11.7 Å². The summed E-state index contributed by atoms with van der Waals surface area (Å²) in [6.07, 6.45) is 0. The molecule has 10 heteroatoms. The molecule has 0 aliphatic carbocycles. The third-order valence-corrected chi connectivity index (χ3v) is 2.90. The van der Waals surface area contributed by atoms with Crippen LogP contribution in [0.25, 0.3) is 0 Å². The van der Waals surface area contributed by atoms with Crippen molar-refractivity contribution in [1.29, 1.82) is 0 Å². The highest BCUT2D eigenvalue weighted by Gasteiger charge is 2.19. The Morgan fingerprint density at radius 1 is 1.50 bits per heavy atom. The van der Waals surface area contributed by atoms with E-state index in [4.69, 9.17) is 5.11 Å². The van der Waals surface area contributed by atoms with E-state index in [0.29, 0.717) is 12.1 Å². The molecule has 0 aliphatic heterocycles. The van der Waals surface area contributed by atoms with Crippen LogP contribution in [0.2, 0.25) is 0 Å². The maximum Gasteiger partial charge on any atom is 0.320 e. The number of nitrogens with zero attached hydrogens (tertiary/aromatic N) is 1. The number of benzene rings is 1. The van der Waals surface area contributed by atoms with Crippen LogP contribution in [0.15, 0.2) is 18.2 Å². The Kier molecular flexibility index (Phi) is 3.81. The van der Waals surface area contributed by atoms with Gasteiger partial charge in [0.1, 0.15) is 0 Å². The van der Waals surface area contributed by atoms with E-state index >= 15 is 0 Å². The van der Waals surface area contributed by atoms with Crippen LogP contribution in [0.4, 0.5) is 15.8 Å². The van der Waals surface area contributed by atoms with Crippen molar-refractivity contribution >= 4 is 27.4 Å². The van der Waals surface area contributed by atoms with Crippen molar-refractivity contribution in [2.45, 2.75) is 0 Å². The Balaban J connectivity index is 3.03. The first-order valence-electron chi connectivity index (χ1n) is 4.37. The molecule has 18 heavy (non-hydrogen) atoms. The van der Waals surface area contributed by atoms with Crippen LogP contribution in [0.3, 0.4) is 0 Å². The Morgan fingerprint density at radius 3 is 2.61 bits per heavy atom. The van der Waals surface area contributed by atoms with E-state index in [1.807, 2.05) is 0 Å². The fraction of sp³-hybridized carbons (Fsp3) is 0.125. The van der Waals surface area contributed by atoms with E-state index < -0.39 is 38.2 Å². The lowest BCUT2D eigenvalue weighted by molar-refractivity contribution is -0.387. The topological polar surface area (TPSA) is 127 Å². The predicted molar refractivity (Wildman–Crippen MR) is 58.1 cm³/mol. The van der Waals surface area contributed by atoms with Crippen molar-refractivity contribution in [1.82, 2.24) is 0 Å². The van der Waals surface area contributed by atoms with Gasteiger partial charge in [0.15, 0.2) is 5.75 Å². The van der Waals surface area contributed by atoms with Crippen molar-refractivity contribution in [3.8, 4) is 0 Å². The van der Waals surface area contributed by atoms with Crippen LogP contribution in [-0.4, -0.2) is 30.2 Å². The average molecular weight is 278 g/mol. The van der Waals surface area contributed by atoms with Gasteiger partial charge in [-0.05, 0) is 12.1 Å². The van der Waals surface area contributed by atoms with Crippen LogP contribution in [0.1, 0.15) is 0 Å². The van der Waals surface area contributed by atoms with Gasteiger partial charge in [-0.25, -0.2) is 8.42 Å². The first-order valence-corrected chi connectivity index (χ1v) is 6.03. The summed E-state index contributed by atoms with van der Waals surface area (Å²) in [6.45, 7) is 0. The predicted octanol–water partition coefficient (Wildman–Crippen LogP) is 0.560. The Labute approximate surface area is 100 Å². The third kappa shape index (κ3) is 3.66. The summed E-state index contributed by atoms with van der Waals surface area (Å²) in [7, 11) is -4.18. The second kappa shape index (κ2) is 4.96. The van der Waals surface area contributed by atoms with Gasteiger partial charge in [-0.15, -0.1) is 0 Å². The number of nitro benzene ring substituents is 1. The quantitative estimate of drug-likeness (QED) is 0.598. The molecule has 0 amide bonds. The summed E-state index contributed by atoms with van der Waals surface area (Å²) in [4.78, 5) is 19.6. The Hall–Kier alpha value is -2.23. The van der Waals surface area contributed by atoms with Crippen molar-refractivity contribution in [3.05, 3.63) is 34.1 Å². The molecule has 1 rings (SSSR count). The number of nitro groups is 1. The fourth-order valence-corrected chi connectivity index (χ4v) is 1.98. The van der Waals surface area contributed by atoms with Gasteiger partial charge in [-0.1, -0.05) is 0 Å². The van der Waals surface area contributed by atoms with Gasteiger partial charge in [0, 0.05) is 6.07 Å². The zero-order chi connectivity index (χ0) is 13.9. The second-order valence-corrected chi connectivity index (χ2v) is 4.90. The molecule has 0 spiro atoms. The van der Waals surface area contributed by atoms with Gasteiger partial charge in [0.05, 0.1) is 10.6 Å². The van der Waals surface area contributed by atoms with E-state index in [-0.39, 0.29) is 5.69 Å². The largest absolute Gasteiger partial charge is 0.480 e. The number of anilines is 1. The normalized spacial score (nSPS) is 10.9. The van der Waals surface area contributed by atoms with E-state index in [2.05, 4.69) is 0 Å². The number of carboxylic acid groups (broad SMARTS) is 1. The highest BCUT2D eigenvalue weighted by molar-refractivity contribution is 7.93. The molecule has 98 valence electrons. The molecule has 0 unspecified atom stereocenters. The summed E-state index contributed by atoms with van der Waals surface area (Å²) in [5.74, 6) is -3.90. The standard InChI is InChI=1S/C8H7FN2O6S/c9-6-2-1-5(3-7(6)11(14)15)10-18(16,17)4-8(12)13/h1-3,10H,4H2,(H,12,13). The number of hydrogen-bond acceptors (Lipinski definition) is 5. The third-order valence-electron chi connectivity index (χ3n) is 1.73. The van der Waals surface area contributed by atoms with Crippen LogP contribution in [0.5, 0.6) is 0 Å². The molecule has 0 fully saturated rings. The molecule has 0 radical (unpaired) electrons. The molecule has 0 aliphatic rings. The van der Waals surface area contributed by atoms with E-state index in [1.54, 1.807) is 4.72 Å². The van der Waals surface area contributed by atoms with Crippen LogP contribution >= 0.6 is 0 Å². The maximum absolute atomic E-state index is 13.0. The van der Waals surface area contributed by atoms with E-state index in [1.165, 1.54) is 0 Å². The summed E-state index contributed by atoms with van der Waals surface area (Å²) >= 11 is 0. The number of halogens is 1. The van der Waals surface area contributed by atoms with Gasteiger partial charge in [0.2, 0.25) is 15.8 Å². The smallest absolute Gasteiger partial charge is 0.320 e. The van der Waals surface area contributed by atoms with Crippen LogP contribution < -0.4 is 4.72 Å². The number of carboxylic acids is 1. The number of nitrogens with one attached hydrogen (secondary N) is 1. The average Bonchev–Trinajstić information content (AvgIpc) is 2.18. The molecular weight excluding hydrogens is 271 g/mol. The molecule has 0 atom stereocenters. The monoisotopic (exact) mass is 278 g/mol. The maximum atomic E-state index is 13.0. The molecule has 0 heterocycles. The van der Waals surface area contributed by atoms with E-state index in [9.17, 15) is 27.7 Å². The lowest BCUT2D eigenvalue weighted by atomic mass is 10.3. The molecule has 8 nitrogen and oxygen atoms in total. The fourth-order valence-electron chi connectivity index (χ4n) is 1.09. The minimum Gasteiger partial charge on any atom is -0.480 e. The zero-order valence-corrected chi connectivity index (χ0v) is 9.48. The molecule has 1 aromatic rings. The minimum atomic E-state index is -4.18. The summed E-state index contributed by atoms with van der Waals surface area (Å²) in [6, 6.07) is 2.31. The highest BCUT2D eigenvalue weighted by Crippen LogP contribution is 2.22. The summed E-state index contributed by atoms with van der Waals surface area (Å²) in [5.41, 5.74) is -1.20. The van der Waals surface area contributed by atoms with E-state index in [0.717, 1.165) is 6.07 Å². The van der Waals surface area contributed by atoms with Gasteiger partial charge < -0.3 is 5.11 Å². The Morgan fingerprint density at radius 2 is 2.11 bits per heavy atom. The Bertz CT molecular complexity index is 600. The molecule has 1 aromatic carbocycles. The van der Waals surface area contributed by atoms with Crippen molar-refractivity contribution in [3.63, 3.8) is 0 Å². The molecule has 2 N–H and O–H groups in total. The van der Waals surface area contributed by atoms with Crippen LogP contribution in [0, 0.1) is 15.9 Å². The number of sulfonamides is 1. The first kappa shape index (κ1) is 13.8. The molecule has 0 aromatic heterocycles. The molecule has 0 bridgehead atoms. The number of hydrogen-bond donors (Lipinski definition) is 2. The van der Waals surface area contributed by atoms with Gasteiger partial charge in [-0.2, -0.15) is 4.39 Å². The summed E-state index contributed by atoms with van der Waals surface area (Å²) < 4.78 is 37.2. The van der Waals surface area contributed by atoms with Crippen molar-refractivity contribution < 1.29 is 27.6 Å². The molecule has 0 saturated heterocycles. The second-order valence-electron chi connectivity index (χ2n) is 3.18. The first-order chi connectivity index (χ1) is 8.21. The lowest BCUT2D eigenvalue weighted by Gasteiger charge is -2.05. The van der Waals surface area contributed by atoms with Gasteiger partial charge in [0.25, 0.3) is 0 Å². The minimum absolute atomic E-state index is 0.288. The molecule has 0 saturated carbocycles. The number of rotatable bonds is 5. The zero-order valence-electron chi connectivity index (χ0n) is 8.66.